The van der Waals surface area contributed by atoms with Gasteiger partial charge in [-0.25, -0.2) is 4.79 Å². The van der Waals surface area contributed by atoms with Crippen LogP contribution >= 0.6 is 0 Å². The Morgan fingerprint density at radius 1 is 0.929 bits per heavy atom. The van der Waals surface area contributed by atoms with Gasteiger partial charge >= 0.3 is 6.03 Å². The van der Waals surface area contributed by atoms with Crippen LogP contribution in [-0.4, -0.2) is 27.9 Å². The molecule has 1 aliphatic rings. The van der Waals surface area contributed by atoms with Crippen molar-refractivity contribution in [3.63, 3.8) is 0 Å². The van der Waals surface area contributed by atoms with E-state index in [2.05, 4.69) is 25.4 Å². The molecule has 0 fully saturated rings. The molecule has 1 aromatic heterocycles. The van der Waals surface area contributed by atoms with E-state index in [-0.39, 0.29) is 6.03 Å². The lowest BCUT2D eigenvalue weighted by Gasteiger charge is -2.10. The molecule has 2 aromatic carbocycles. The smallest absolute Gasteiger partial charge is 0.323 e. The molecule has 2 amide bonds. The molecule has 2 heterocycles. The van der Waals surface area contributed by atoms with Crippen molar-refractivity contribution in [3.05, 3.63) is 54.4 Å². The first kappa shape index (κ1) is 18.0. The van der Waals surface area contributed by atoms with Gasteiger partial charge < -0.3 is 19.9 Å². The Hall–Kier alpha value is -3.35. The van der Waals surface area contributed by atoms with Gasteiger partial charge in [-0.1, -0.05) is 6.42 Å². The number of nitrogens with one attached hydrogen (secondary N) is 2. The molecule has 3 aromatic rings. The van der Waals surface area contributed by atoms with Crippen molar-refractivity contribution in [1.29, 1.82) is 0 Å². The highest BCUT2D eigenvalue weighted by Crippen LogP contribution is 2.24. The summed E-state index contributed by atoms with van der Waals surface area (Å²) in [5, 5.41) is 14.4. The third kappa shape index (κ3) is 3.98. The normalized spacial score (nSPS) is 13.3. The van der Waals surface area contributed by atoms with E-state index in [4.69, 9.17) is 4.74 Å². The molecule has 28 heavy (non-hydrogen) atoms. The van der Waals surface area contributed by atoms with E-state index < -0.39 is 0 Å². The number of nitrogens with zero attached hydrogens (tertiary/aromatic N) is 3. The van der Waals surface area contributed by atoms with Gasteiger partial charge in [0.05, 0.1) is 7.11 Å². The minimum absolute atomic E-state index is 0.297. The SMILES string of the molecule is COc1ccc(NC(=O)Nc2ccc(-c3nnc4n3CCCCC4)cc2)cc1. The number of rotatable bonds is 4. The van der Waals surface area contributed by atoms with Crippen LogP contribution in [-0.2, 0) is 13.0 Å². The maximum absolute atomic E-state index is 12.2. The largest absolute Gasteiger partial charge is 0.497 e. The Bertz CT molecular complexity index is 948. The van der Waals surface area contributed by atoms with Crippen LogP contribution in [0.25, 0.3) is 11.4 Å². The lowest BCUT2D eigenvalue weighted by Crippen LogP contribution is -2.19. The van der Waals surface area contributed by atoms with E-state index in [1.165, 1.54) is 12.8 Å². The summed E-state index contributed by atoms with van der Waals surface area (Å²) in [7, 11) is 1.61. The van der Waals surface area contributed by atoms with Gasteiger partial charge in [0, 0.05) is 29.9 Å². The minimum Gasteiger partial charge on any atom is -0.497 e. The standard InChI is InChI=1S/C21H23N5O2/c1-28-18-12-10-17(11-13-18)23-21(27)22-16-8-6-15(7-9-16)20-25-24-19-5-3-2-4-14-26(19)20/h6-13H,2-5,14H2,1H3,(H2,22,23,27). The first-order chi connectivity index (χ1) is 13.7. The van der Waals surface area contributed by atoms with E-state index >= 15 is 0 Å². The molecular weight excluding hydrogens is 354 g/mol. The summed E-state index contributed by atoms with van der Waals surface area (Å²) in [6.45, 7) is 0.960. The van der Waals surface area contributed by atoms with Gasteiger partial charge in [0.2, 0.25) is 0 Å². The fourth-order valence-electron chi connectivity index (χ4n) is 3.37. The summed E-state index contributed by atoms with van der Waals surface area (Å²) in [5.74, 6) is 2.70. The maximum atomic E-state index is 12.2. The lowest BCUT2D eigenvalue weighted by molar-refractivity contribution is 0.262. The highest BCUT2D eigenvalue weighted by Gasteiger charge is 2.16. The molecule has 0 spiro atoms. The predicted molar refractivity (Wildman–Crippen MR) is 109 cm³/mol. The number of aromatic nitrogens is 3. The highest BCUT2D eigenvalue weighted by atomic mass is 16.5. The molecule has 0 radical (unpaired) electrons. The molecule has 144 valence electrons. The minimum atomic E-state index is -0.297. The van der Waals surface area contributed by atoms with E-state index in [0.717, 1.165) is 42.3 Å². The number of hydrogen-bond donors (Lipinski definition) is 2. The Morgan fingerprint density at radius 2 is 1.61 bits per heavy atom. The lowest BCUT2D eigenvalue weighted by atomic mass is 10.2. The van der Waals surface area contributed by atoms with Gasteiger partial charge in [0.1, 0.15) is 11.6 Å². The zero-order valence-electron chi connectivity index (χ0n) is 15.8. The average Bonchev–Trinajstić information content (AvgIpc) is 2.97. The highest BCUT2D eigenvalue weighted by molar-refractivity contribution is 5.99. The molecule has 0 saturated heterocycles. The molecule has 1 aliphatic heterocycles. The second-order valence-corrected chi connectivity index (χ2v) is 6.79. The van der Waals surface area contributed by atoms with E-state index in [1.807, 2.05) is 24.3 Å². The fraction of sp³-hybridized carbons (Fsp3) is 0.286. The monoisotopic (exact) mass is 377 g/mol. The fourth-order valence-corrected chi connectivity index (χ4v) is 3.37. The molecule has 7 heteroatoms. The van der Waals surface area contributed by atoms with Gasteiger partial charge in [0.15, 0.2) is 5.82 Å². The number of hydrogen-bond acceptors (Lipinski definition) is 4. The molecule has 0 aliphatic carbocycles. The second kappa shape index (κ2) is 8.12. The van der Waals surface area contributed by atoms with Crippen molar-refractivity contribution in [1.82, 2.24) is 14.8 Å². The number of benzene rings is 2. The number of anilines is 2. The Kier molecular flexibility index (Phi) is 5.23. The van der Waals surface area contributed by atoms with Crippen LogP contribution in [0.3, 0.4) is 0 Å². The van der Waals surface area contributed by atoms with Crippen LogP contribution in [0.2, 0.25) is 0 Å². The molecule has 4 rings (SSSR count). The van der Waals surface area contributed by atoms with Crippen molar-refractivity contribution in [2.24, 2.45) is 0 Å². The summed E-state index contributed by atoms with van der Waals surface area (Å²) in [6.07, 6.45) is 4.54. The van der Waals surface area contributed by atoms with Crippen LogP contribution in [0.1, 0.15) is 25.1 Å². The van der Waals surface area contributed by atoms with Crippen molar-refractivity contribution in [2.45, 2.75) is 32.2 Å². The Labute approximate surface area is 163 Å². The Morgan fingerprint density at radius 3 is 2.29 bits per heavy atom. The number of methoxy groups -OCH3 is 1. The van der Waals surface area contributed by atoms with Crippen molar-refractivity contribution < 1.29 is 9.53 Å². The van der Waals surface area contributed by atoms with Gasteiger partial charge in [-0.05, 0) is 61.4 Å². The zero-order chi connectivity index (χ0) is 19.3. The third-order valence-electron chi connectivity index (χ3n) is 4.86. The maximum Gasteiger partial charge on any atom is 0.323 e. The number of ether oxygens (including phenoxy) is 1. The first-order valence-electron chi connectivity index (χ1n) is 9.47. The topological polar surface area (TPSA) is 81.1 Å². The summed E-state index contributed by atoms with van der Waals surface area (Å²) in [6, 6.07) is 14.6. The summed E-state index contributed by atoms with van der Waals surface area (Å²) >= 11 is 0. The van der Waals surface area contributed by atoms with E-state index in [1.54, 1.807) is 31.4 Å². The Balaban J connectivity index is 1.42. The number of aryl methyl sites for hydroxylation is 1. The third-order valence-corrected chi connectivity index (χ3v) is 4.86. The molecule has 0 unspecified atom stereocenters. The van der Waals surface area contributed by atoms with Crippen LogP contribution < -0.4 is 15.4 Å². The van der Waals surface area contributed by atoms with Gasteiger partial charge in [-0.2, -0.15) is 0 Å². The van der Waals surface area contributed by atoms with Gasteiger partial charge in [0.25, 0.3) is 0 Å². The van der Waals surface area contributed by atoms with Crippen molar-refractivity contribution in [3.8, 4) is 17.1 Å². The molecule has 0 saturated carbocycles. The van der Waals surface area contributed by atoms with Crippen LogP contribution in [0, 0.1) is 0 Å². The number of carbonyl (C=O) groups excluding carboxylic acids is 1. The molecular formula is C21H23N5O2. The van der Waals surface area contributed by atoms with Crippen molar-refractivity contribution in [2.75, 3.05) is 17.7 Å². The summed E-state index contributed by atoms with van der Waals surface area (Å²) < 4.78 is 7.33. The first-order valence-corrected chi connectivity index (χ1v) is 9.47. The molecule has 0 atom stereocenters. The second-order valence-electron chi connectivity index (χ2n) is 6.79. The van der Waals surface area contributed by atoms with Crippen LogP contribution in [0.4, 0.5) is 16.2 Å². The molecule has 0 bridgehead atoms. The van der Waals surface area contributed by atoms with Gasteiger partial charge in [-0.3, -0.25) is 0 Å². The van der Waals surface area contributed by atoms with E-state index in [9.17, 15) is 4.79 Å². The quantitative estimate of drug-likeness (QED) is 0.709. The summed E-state index contributed by atoms with van der Waals surface area (Å²) in [5.41, 5.74) is 2.41. The zero-order valence-corrected chi connectivity index (χ0v) is 15.8. The van der Waals surface area contributed by atoms with Crippen LogP contribution in [0.5, 0.6) is 5.75 Å². The molecule has 7 nitrogen and oxygen atoms in total. The molecule has 2 N–H and O–H groups in total. The summed E-state index contributed by atoms with van der Waals surface area (Å²) in [4.78, 5) is 12.2. The average molecular weight is 377 g/mol. The number of urea groups is 1. The number of amides is 2. The predicted octanol–water partition coefficient (Wildman–Crippen LogP) is 4.32. The van der Waals surface area contributed by atoms with Crippen LogP contribution in [0.15, 0.2) is 48.5 Å². The van der Waals surface area contributed by atoms with Gasteiger partial charge in [-0.15, -0.1) is 10.2 Å². The van der Waals surface area contributed by atoms with E-state index in [0.29, 0.717) is 11.4 Å². The number of carbonyl (C=O) groups is 1. The number of fused-ring (bicyclic) bond motifs is 1. The van der Waals surface area contributed by atoms with Crippen molar-refractivity contribution >= 4 is 17.4 Å².